The van der Waals surface area contributed by atoms with Crippen molar-refractivity contribution >= 4 is 9.84 Å². The Bertz CT molecular complexity index is 678. The molecule has 2 N–H and O–H groups in total. The number of nitrogens with two attached hydrogens (primary N) is 1. The van der Waals surface area contributed by atoms with Crippen LogP contribution in [0.4, 0.5) is 0 Å². The number of hydrogen-bond acceptors (Lipinski definition) is 3. The summed E-state index contributed by atoms with van der Waals surface area (Å²) < 4.78 is 24.8. The molecule has 2 aromatic rings. The molecular weight excluding hydrogens is 258 g/mol. The van der Waals surface area contributed by atoms with Gasteiger partial charge in [0.05, 0.1) is 10.6 Å². The average Bonchev–Trinajstić information content (AvgIpc) is 2.39. The van der Waals surface area contributed by atoms with E-state index in [1.165, 1.54) is 0 Å². The number of hydrogen-bond donors (Lipinski definition) is 1. The molecule has 2 aromatic carbocycles. The topological polar surface area (TPSA) is 60.2 Å². The standard InChI is InChI=1S/C15H17NO2S/c1-12-5-4-8-15(9-12)19(17,18)11-14-7-3-2-6-13(14)10-16/h2-9H,10-11,16H2,1H3. The molecule has 100 valence electrons. The summed E-state index contributed by atoms with van der Waals surface area (Å²) in [5.74, 6) is -0.0101. The van der Waals surface area contributed by atoms with Gasteiger partial charge in [0.1, 0.15) is 0 Å². The molecule has 0 unspecified atom stereocenters. The fourth-order valence-electron chi connectivity index (χ4n) is 1.99. The summed E-state index contributed by atoms with van der Waals surface area (Å²) in [5, 5.41) is 0. The second kappa shape index (κ2) is 5.55. The first-order valence-electron chi connectivity index (χ1n) is 6.09. The Morgan fingerprint density at radius 2 is 1.68 bits per heavy atom. The van der Waals surface area contributed by atoms with Crippen LogP contribution < -0.4 is 5.73 Å². The molecule has 0 saturated heterocycles. The van der Waals surface area contributed by atoms with Gasteiger partial charge in [0.15, 0.2) is 9.84 Å². The maximum Gasteiger partial charge on any atom is 0.182 e. The van der Waals surface area contributed by atoms with Crippen LogP contribution in [0.1, 0.15) is 16.7 Å². The predicted molar refractivity (Wildman–Crippen MR) is 76.4 cm³/mol. The van der Waals surface area contributed by atoms with Crippen LogP contribution in [0.15, 0.2) is 53.4 Å². The van der Waals surface area contributed by atoms with Gasteiger partial charge in [0.25, 0.3) is 0 Å². The molecule has 0 atom stereocenters. The van der Waals surface area contributed by atoms with E-state index in [1.807, 2.05) is 37.3 Å². The van der Waals surface area contributed by atoms with E-state index in [9.17, 15) is 8.42 Å². The van der Waals surface area contributed by atoms with Crippen LogP contribution in [-0.2, 0) is 22.1 Å². The van der Waals surface area contributed by atoms with Crippen molar-refractivity contribution in [2.75, 3.05) is 0 Å². The Hall–Kier alpha value is -1.65. The van der Waals surface area contributed by atoms with Crippen LogP contribution in [0.25, 0.3) is 0 Å². The minimum atomic E-state index is -3.32. The minimum absolute atomic E-state index is 0.0101. The summed E-state index contributed by atoms with van der Waals surface area (Å²) in [6, 6.07) is 14.3. The Morgan fingerprint density at radius 3 is 2.32 bits per heavy atom. The van der Waals surface area contributed by atoms with E-state index in [-0.39, 0.29) is 5.75 Å². The molecule has 2 rings (SSSR count). The highest BCUT2D eigenvalue weighted by molar-refractivity contribution is 7.90. The van der Waals surface area contributed by atoms with Gasteiger partial charge in [-0.25, -0.2) is 8.42 Å². The third-order valence-electron chi connectivity index (χ3n) is 3.03. The molecule has 0 aliphatic carbocycles. The fraction of sp³-hybridized carbons (Fsp3) is 0.200. The summed E-state index contributed by atoms with van der Waals surface area (Å²) in [6.45, 7) is 2.23. The maximum absolute atomic E-state index is 12.4. The van der Waals surface area contributed by atoms with Gasteiger partial charge in [0, 0.05) is 6.54 Å². The van der Waals surface area contributed by atoms with E-state index in [4.69, 9.17) is 5.73 Å². The number of aryl methyl sites for hydroxylation is 1. The molecule has 0 spiro atoms. The number of sulfone groups is 1. The average molecular weight is 275 g/mol. The second-order valence-electron chi connectivity index (χ2n) is 4.55. The third kappa shape index (κ3) is 3.22. The maximum atomic E-state index is 12.4. The largest absolute Gasteiger partial charge is 0.326 e. The predicted octanol–water partition coefficient (Wildman–Crippen LogP) is 2.43. The van der Waals surface area contributed by atoms with Gasteiger partial charge in [0.2, 0.25) is 0 Å². The summed E-state index contributed by atoms with van der Waals surface area (Å²) in [4.78, 5) is 0.360. The SMILES string of the molecule is Cc1cccc(S(=O)(=O)Cc2ccccc2CN)c1. The van der Waals surface area contributed by atoms with E-state index in [1.54, 1.807) is 18.2 Å². The van der Waals surface area contributed by atoms with Crippen molar-refractivity contribution in [3.8, 4) is 0 Å². The lowest BCUT2D eigenvalue weighted by atomic mass is 10.1. The van der Waals surface area contributed by atoms with Crippen LogP contribution in [0.2, 0.25) is 0 Å². The summed E-state index contributed by atoms with van der Waals surface area (Å²) in [7, 11) is -3.32. The van der Waals surface area contributed by atoms with E-state index < -0.39 is 9.84 Å². The highest BCUT2D eigenvalue weighted by Gasteiger charge is 2.16. The van der Waals surface area contributed by atoms with Gasteiger partial charge < -0.3 is 5.73 Å². The zero-order valence-corrected chi connectivity index (χ0v) is 11.7. The lowest BCUT2D eigenvalue weighted by Crippen LogP contribution is -2.09. The van der Waals surface area contributed by atoms with Crippen LogP contribution >= 0.6 is 0 Å². The van der Waals surface area contributed by atoms with E-state index in [0.717, 1.165) is 16.7 Å². The van der Waals surface area contributed by atoms with Crippen molar-refractivity contribution in [3.63, 3.8) is 0 Å². The fourth-order valence-corrected chi connectivity index (χ4v) is 3.50. The van der Waals surface area contributed by atoms with E-state index >= 15 is 0 Å². The van der Waals surface area contributed by atoms with Crippen molar-refractivity contribution in [1.82, 2.24) is 0 Å². The van der Waals surface area contributed by atoms with Crippen LogP contribution in [0, 0.1) is 6.92 Å². The highest BCUT2D eigenvalue weighted by atomic mass is 32.2. The quantitative estimate of drug-likeness (QED) is 0.932. The minimum Gasteiger partial charge on any atom is -0.326 e. The molecule has 0 radical (unpaired) electrons. The first kappa shape index (κ1) is 13.8. The third-order valence-corrected chi connectivity index (χ3v) is 4.70. The Morgan fingerprint density at radius 1 is 1.00 bits per heavy atom. The second-order valence-corrected chi connectivity index (χ2v) is 6.54. The van der Waals surface area contributed by atoms with Gasteiger partial charge in [-0.15, -0.1) is 0 Å². The first-order chi connectivity index (χ1) is 9.03. The smallest absolute Gasteiger partial charge is 0.182 e. The van der Waals surface area contributed by atoms with Crippen molar-refractivity contribution in [1.29, 1.82) is 0 Å². The van der Waals surface area contributed by atoms with Gasteiger partial charge in [-0.1, -0.05) is 36.4 Å². The number of benzene rings is 2. The first-order valence-corrected chi connectivity index (χ1v) is 7.74. The molecule has 0 fully saturated rings. The summed E-state index contributed by atoms with van der Waals surface area (Å²) in [5.41, 5.74) is 8.22. The summed E-state index contributed by atoms with van der Waals surface area (Å²) in [6.07, 6.45) is 0. The van der Waals surface area contributed by atoms with Crippen LogP contribution in [0.3, 0.4) is 0 Å². The van der Waals surface area contributed by atoms with E-state index in [0.29, 0.717) is 11.4 Å². The lowest BCUT2D eigenvalue weighted by Gasteiger charge is -2.09. The lowest BCUT2D eigenvalue weighted by molar-refractivity contribution is 0.595. The Kier molecular flexibility index (Phi) is 4.02. The molecular formula is C15H17NO2S. The summed E-state index contributed by atoms with van der Waals surface area (Å²) >= 11 is 0. The monoisotopic (exact) mass is 275 g/mol. The van der Waals surface area contributed by atoms with Crippen molar-refractivity contribution in [3.05, 3.63) is 65.2 Å². The van der Waals surface area contributed by atoms with Gasteiger partial charge in [-0.3, -0.25) is 0 Å². The molecule has 0 saturated carbocycles. The Balaban J connectivity index is 2.37. The zero-order valence-electron chi connectivity index (χ0n) is 10.8. The molecule has 0 aliphatic heterocycles. The normalized spacial score (nSPS) is 11.5. The van der Waals surface area contributed by atoms with Gasteiger partial charge in [-0.2, -0.15) is 0 Å². The molecule has 3 nitrogen and oxygen atoms in total. The Labute approximate surface area is 114 Å². The van der Waals surface area contributed by atoms with Gasteiger partial charge in [-0.05, 0) is 35.7 Å². The zero-order chi connectivity index (χ0) is 13.9. The van der Waals surface area contributed by atoms with Crippen molar-refractivity contribution in [2.24, 2.45) is 5.73 Å². The van der Waals surface area contributed by atoms with Crippen molar-refractivity contribution in [2.45, 2.75) is 24.1 Å². The molecule has 0 aromatic heterocycles. The van der Waals surface area contributed by atoms with E-state index in [2.05, 4.69) is 0 Å². The molecule has 4 heteroatoms. The molecule has 19 heavy (non-hydrogen) atoms. The van der Waals surface area contributed by atoms with Crippen LogP contribution in [-0.4, -0.2) is 8.42 Å². The van der Waals surface area contributed by atoms with Crippen LogP contribution in [0.5, 0.6) is 0 Å². The molecule has 0 amide bonds. The van der Waals surface area contributed by atoms with Gasteiger partial charge >= 0.3 is 0 Å². The van der Waals surface area contributed by atoms with Crippen molar-refractivity contribution < 1.29 is 8.42 Å². The highest BCUT2D eigenvalue weighted by Crippen LogP contribution is 2.19. The number of rotatable bonds is 4. The molecule has 0 bridgehead atoms. The molecule has 0 heterocycles. The molecule has 0 aliphatic rings.